The van der Waals surface area contributed by atoms with Crippen LogP contribution in [-0.4, -0.2) is 22.8 Å². The number of para-hydroxylation sites is 1. The van der Waals surface area contributed by atoms with Gasteiger partial charge < -0.3 is 4.90 Å². The fraction of sp³-hybridized carbons (Fsp3) is 0.273. The predicted molar refractivity (Wildman–Crippen MR) is 118 cm³/mol. The van der Waals surface area contributed by atoms with Crippen LogP contribution in [0.5, 0.6) is 0 Å². The number of anilines is 1. The molecule has 0 spiro atoms. The van der Waals surface area contributed by atoms with Crippen molar-refractivity contribution in [3.63, 3.8) is 0 Å². The van der Waals surface area contributed by atoms with E-state index >= 15 is 0 Å². The number of aromatic nitrogens is 3. The van der Waals surface area contributed by atoms with Crippen LogP contribution in [0.3, 0.4) is 0 Å². The summed E-state index contributed by atoms with van der Waals surface area (Å²) in [6, 6.07) is 14.4. The van der Waals surface area contributed by atoms with Gasteiger partial charge in [0.05, 0.1) is 22.9 Å². The Hall–Kier alpha value is -2.55. The predicted octanol–water partition coefficient (Wildman–Crippen LogP) is 4.98. The van der Waals surface area contributed by atoms with Gasteiger partial charge in [-0.25, -0.2) is 0 Å². The van der Waals surface area contributed by atoms with Crippen LogP contribution >= 0.6 is 11.6 Å². The standard InChI is InChI=1S/C22H23ClN4Si/c1-16-24-25-22-15-26(21-8-6-5-7-19(21)23)14-18-13-17(11-12-28(2,3)4)9-10-20(18)27(16)22/h5-10,13H,14-15H2,1-4H3. The molecule has 4 nitrogen and oxygen atoms in total. The van der Waals surface area contributed by atoms with E-state index in [9.17, 15) is 0 Å². The third-order valence-electron chi connectivity index (χ3n) is 4.68. The molecule has 2 aromatic carbocycles. The average molecular weight is 407 g/mol. The Kier molecular flexibility index (Phi) is 4.78. The van der Waals surface area contributed by atoms with Gasteiger partial charge in [0, 0.05) is 12.1 Å². The van der Waals surface area contributed by atoms with Gasteiger partial charge in [-0.3, -0.25) is 4.57 Å². The average Bonchev–Trinajstić information content (AvgIpc) is 2.91. The lowest BCUT2D eigenvalue weighted by atomic mass is 10.1. The normalized spacial score (nSPS) is 13.2. The van der Waals surface area contributed by atoms with Gasteiger partial charge in [0.15, 0.2) is 5.82 Å². The number of hydrogen-bond acceptors (Lipinski definition) is 3. The van der Waals surface area contributed by atoms with E-state index in [4.69, 9.17) is 11.6 Å². The van der Waals surface area contributed by atoms with Gasteiger partial charge in [0.1, 0.15) is 13.9 Å². The van der Waals surface area contributed by atoms with Gasteiger partial charge in [0.25, 0.3) is 0 Å². The highest BCUT2D eigenvalue weighted by atomic mass is 35.5. The molecule has 0 bridgehead atoms. The van der Waals surface area contributed by atoms with Crippen LogP contribution in [0, 0.1) is 18.4 Å². The molecule has 0 saturated heterocycles. The van der Waals surface area contributed by atoms with Crippen LogP contribution in [0.4, 0.5) is 5.69 Å². The third kappa shape index (κ3) is 3.71. The zero-order chi connectivity index (χ0) is 19.9. The Morgan fingerprint density at radius 1 is 1.00 bits per heavy atom. The number of halogens is 1. The summed E-state index contributed by atoms with van der Waals surface area (Å²) in [6.07, 6.45) is 0. The second-order valence-electron chi connectivity index (χ2n) is 8.15. The summed E-state index contributed by atoms with van der Waals surface area (Å²) in [6.45, 7) is 10.2. The lowest BCUT2D eigenvalue weighted by Gasteiger charge is -2.23. The van der Waals surface area contributed by atoms with Gasteiger partial charge in [-0.1, -0.05) is 49.3 Å². The summed E-state index contributed by atoms with van der Waals surface area (Å²) in [7, 11) is -1.43. The largest absolute Gasteiger partial charge is 0.358 e. The molecule has 1 aliphatic rings. The smallest absolute Gasteiger partial charge is 0.157 e. The van der Waals surface area contributed by atoms with Crippen molar-refractivity contribution in [2.75, 3.05) is 4.90 Å². The highest BCUT2D eigenvalue weighted by Gasteiger charge is 2.24. The molecular formula is C22H23ClN4Si. The summed E-state index contributed by atoms with van der Waals surface area (Å²) in [5.74, 6) is 5.18. The van der Waals surface area contributed by atoms with Crippen molar-refractivity contribution >= 4 is 25.4 Å². The molecule has 0 atom stereocenters. The van der Waals surface area contributed by atoms with Crippen molar-refractivity contribution in [1.29, 1.82) is 0 Å². The Morgan fingerprint density at radius 2 is 1.79 bits per heavy atom. The molecule has 2 heterocycles. The number of nitrogens with zero attached hydrogens (tertiary/aromatic N) is 4. The molecule has 1 aliphatic heterocycles. The molecule has 4 rings (SSSR count). The summed E-state index contributed by atoms with van der Waals surface area (Å²) in [4.78, 5) is 2.25. The lowest BCUT2D eigenvalue weighted by molar-refractivity contribution is 0.767. The molecule has 0 saturated carbocycles. The van der Waals surface area contributed by atoms with E-state index in [2.05, 4.69) is 75.0 Å². The monoisotopic (exact) mass is 406 g/mol. The quantitative estimate of drug-likeness (QED) is 0.422. The van der Waals surface area contributed by atoms with Crippen LogP contribution in [0.2, 0.25) is 24.7 Å². The minimum atomic E-state index is -1.43. The van der Waals surface area contributed by atoms with E-state index < -0.39 is 8.07 Å². The number of benzene rings is 2. The van der Waals surface area contributed by atoms with Crippen molar-refractivity contribution in [2.24, 2.45) is 0 Å². The van der Waals surface area contributed by atoms with Crippen LogP contribution < -0.4 is 4.90 Å². The molecule has 28 heavy (non-hydrogen) atoms. The van der Waals surface area contributed by atoms with Crippen molar-refractivity contribution in [3.8, 4) is 17.2 Å². The van der Waals surface area contributed by atoms with Gasteiger partial charge in [-0.05, 0) is 42.8 Å². The van der Waals surface area contributed by atoms with Crippen LogP contribution in [0.1, 0.15) is 22.8 Å². The minimum Gasteiger partial charge on any atom is -0.358 e. The van der Waals surface area contributed by atoms with E-state index in [0.717, 1.165) is 40.2 Å². The van der Waals surface area contributed by atoms with Crippen molar-refractivity contribution in [2.45, 2.75) is 39.7 Å². The van der Waals surface area contributed by atoms with Gasteiger partial charge in [-0.2, -0.15) is 0 Å². The first kappa shape index (κ1) is 18.8. The molecule has 3 aromatic rings. The fourth-order valence-electron chi connectivity index (χ4n) is 3.40. The molecule has 0 aliphatic carbocycles. The molecule has 0 N–H and O–H groups in total. The van der Waals surface area contributed by atoms with Crippen molar-refractivity contribution in [1.82, 2.24) is 14.8 Å². The Morgan fingerprint density at radius 3 is 2.54 bits per heavy atom. The van der Waals surface area contributed by atoms with Crippen molar-refractivity contribution < 1.29 is 0 Å². The van der Waals surface area contributed by atoms with Crippen molar-refractivity contribution in [3.05, 3.63) is 70.3 Å². The van der Waals surface area contributed by atoms with Gasteiger partial charge in [0.2, 0.25) is 0 Å². The van der Waals surface area contributed by atoms with E-state index in [1.807, 2.05) is 25.1 Å². The molecular weight excluding hydrogens is 384 g/mol. The number of rotatable bonds is 1. The molecule has 142 valence electrons. The molecule has 0 radical (unpaired) electrons. The van der Waals surface area contributed by atoms with Crippen LogP contribution in [0.15, 0.2) is 42.5 Å². The topological polar surface area (TPSA) is 34.0 Å². The van der Waals surface area contributed by atoms with E-state index in [-0.39, 0.29) is 0 Å². The van der Waals surface area contributed by atoms with Crippen LogP contribution in [-0.2, 0) is 13.1 Å². The minimum absolute atomic E-state index is 0.648. The molecule has 0 unspecified atom stereocenters. The van der Waals surface area contributed by atoms with Gasteiger partial charge >= 0.3 is 0 Å². The molecule has 0 amide bonds. The first-order valence-corrected chi connectivity index (χ1v) is 13.3. The Bertz CT molecular complexity index is 1100. The highest BCUT2D eigenvalue weighted by Crippen LogP contribution is 2.32. The zero-order valence-corrected chi connectivity index (χ0v) is 18.4. The van der Waals surface area contributed by atoms with Gasteiger partial charge in [-0.15, -0.1) is 15.7 Å². The molecule has 1 aromatic heterocycles. The Labute approximate surface area is 172 Å². The second kappa shape index (κ2) is 7.12. The first-order chi connectivity index (χ1) is 13.3. The maximum atomic E-state index is 6.50. The maximum Gasteiger partial charge on any atom is 0.157 e. The van der Waals surface area contributed by atoms with E-state index in [1.165, 1.54) is 5.56 Å². The summed E-state index contributed by atoms with van der Waals surface area (Å²) >= 11 is 6.50. The fourth-order valence-corrected chi connectivity index (χ4v) is 4.18. The first-order valence-electron chi connectivity index (χ1n) is 9.39. The lowest BCUT2D eigenvalue weighted by Crippen LogP contribution is -2.22. The molecule has 6 heteroatoms. The number of fused-ring (bicyclic) bond motifs is 3. The van der Waals surface area contributed by atoms with Crippen LogP contribution in [0.25, 0.3) is 5.69 Å². The summed E-state index contributed by atoms with van der Waals surface area (Å²) < 4.78 is 2.14. The SMILES string of the molecule is Cc1nnc2n1-c1ccc(C#C[Si](C)(C)C)cc1CN(c1ccccc1Cl)C2. The highest BCUT2D eigenvalue weighted by molar-refractivity contribution is 6.83. The number of hydrogen-bond donors (Lipinski definition) is 0. The maximum absolute atomic E-state index is 6.50. The number of aryl methyl sites for hydroxylation is 1. The Balaban J connectivity index is 1.84. The zero-order valence-electron chi connectivity index (χ0n) is 16.6. The molecule has 0 fully saturated rings. The third-order valence-corrected chi connectivity index (χ3v) is 5.88. The summed E-state index contributed by atoms with van der Waals surface area (Å²) in [5, 5.41) is 9.47. The van der Waals surface area contributed by atoms with E-state index in [0.29, 0.717) is 6.54 Å². The summed E-state index contributed by atoms with van der Waals surface area (Å²) in [5.41, 5.74) is 7.83. The van der Waals surface area contributed by atoms with E-state index in [1.54, 1.807) is 0 Å². The second-order valence-corrected chi connectivity index (χ2v) is 13.3.